The molecule has 0 aliphatic carbocycles. The van der Waals surface area contributed by atoms with Gasteiger partial charge in [-0.2, -0.15) is 0 Å². The summed E-state index contributed by atoms with van der Waals surface area (Å²) in [6, 6.07) is 0. The van der Waals surface area contributed by atoms with Gasteiger partial charge in [-0.25, -0.2) is 0 Å². The van der Waals surface area contributed by atoms with E-state index in [1.807, 2.05) is 20.8 Å². The Labute approximate surface area is 357 Å². The maximum atomic E-state index is 11.6. The second-order valence-electron chi connectivity index (χ2n) is 14.9. The average Bonchev–Trinajstić information content (AvgIpc) is 3.03. The fourth-order valence-corrected chi connectivity index (χ4v) is 8.23. The Morgan fingerprint density at radius 3 is 1.26 bits per heavy atom. The van der Waals surface area contributed by atoms with E-state index in [0.717, 1.165) is 25.7 Å². The van der Waals surface area contributed by atoms with E-state index in [2.05, 4.69) is 62.3 Å². The molecular weight excluding hydrogens is 1030 g/mol. The summed E-state index contributed by atoms with van der Waals surface area (Å²) in [4.78, 5) is 0. The largest absolute Gasteiger partial charge is 0.390 e. The van der Waals surface area contributed by atoms with Crippen LogP contribution in [0.15, 0.2) is 0 Å². The van der Waals surface area contributed by atoms with Crippen LogP contribution in [0.5, 0.6) is 0 Å². The molecule has 4 heterocycles. The van der Waals surface area contributed by atoms with Crippen LogP contribution in [-0.2, 0) is 33.2 Å². The van der Waals surface area contributed by atoms with Gasteiger partial charge in [-0.3, -0.25) is 0 Å². The molecule has 0 spiro atoms. The molecule has 11 heteroatoms. The number of ether oxygens (including phenoxy) is 7. The first kappa shape index (κ1) is 45.7. The first-order valence-electron chi connectivity index (χ1n) is 18.2. The van der Waals surface area contributed by atoms with Crippen molar-refractivity contribution in [2.24, 2.45) is 41.4 Å². The number of aliphatic hydroxyl groups is 2. The van der Waals surface area contributed by atoms with E-state index in [4.69, 9.17) is 33.2 Å². The number of aliphatic hydroxyl groups excluding tert-OH is 2. The minimum atomic E-state index is -0.863. The van der Waals surface area contributed by atoms with Gasteiger partial charge in [0.15, 0.2) is 18.9 Å². The molecule has 9 nitrogen and oxygen atoms in total. The molecule has 4 aliphatic rings. The van der Waals surface area contributed by atoms with E-state index in [1.165, 1.54) is 0 Å². The van der Waals surface area contributed by atoms with E-state index >= 15 is 0 Å². The maximum Gasteiger partial charge on any atom is 0.184 e. The van der Waals surface area contributed by atoms with Crippen LogP contribution in [-0.4, -0.2) is 90.1 Å². The smallest absolute Gasteiger partial charge is 0.184 e. The first-order valence-corrected chi connectivity index (χ1v) is 18.2. The number of hydrogen-bond donors (Lipinski definition) is 2. The van der Waals surface area contributed by atoms with Gasteiger partial charge >= 0.3 is 0 Å². The molecule has 0 saturated carbocycles. The SMILES string of the molecule is CCC1O[C@H](O[C@@H]2C(CC)O[C@H](O[C@H]3C(CC)O[C@@H](O[C@H]4C(CC)OC(C)C(O)[C@H]4C)C(C)[C@H]3C)C(O)C2C)C(C)C(C)[C@@H]1C.[Ac].[Ac]. The van der Waals surface area contributed by atoms with Crippen molar-refractivity contribution < 1.29 is 131 Å². The second-order valence-corrected chi connectivity index (χ2v) is 14.9. The predicted molar refractivity (Wildman–Crippen MR) is 172 cm³/mol. The van der Waals surface area contributed by atoms with Gasteiger partial charge in [-0.1, -0.05) is 76.2 Å². The Balaban J connectivity index is 0.00000384. The monoisotopic (exact) mass is 1100 g/mol. The maximum absolute atomic E-state index is 11.6. The summed E-state index contributed by atoms with van der Waals surface area (Å²) in [5, 5.41) is 22.3. The standard InChI is InChI=1S/C36H66O9.2Ac/c1-13-25-18(6)17(5)20(8)34(40-25)44-33-23(11)30(38)36(42-28(33)16-4)45-31-19(7)21(9)35(41-27(31)15-3)43-32-22(10)29(37)24(12)39-26(32)14-2;;/h17-38H,13-16H2,1-12H3;;/t17?,18-,19+,20?,21?,22+,23?,24?,25?,26?,27?,28?,29?,30?,31+,32+,33-,34+,35-,36+;;/m0../s1. The molecule has 0 amide bonds. The Morgan fingerprint density at radius 1 is 0.404 bits per heavy atom. The molecule has 2 N–H and O–H groups in total. The molecule has 4 fully saturated rings. The van der Waals surface area contributed by atoms with E-state index in [9.17, 15) is 10.2 Å². The van der Waals surface area contributed by atoms with Crippen LogP contribution in [0.1, 0.15) is 109 Å². The third-order valence-corrected chi connectivity index (χ3v) is 12.2. The van der Waals surface area contributed by atoms with Gasteiger partial charge in [0.05, 0.1) is 54.9 Å². The van der Waals surface area contributed by atoms with Crippen LogP contribution in [0.4, 0.5) is 0 Å². The summed E-state index contributed by atoms with van der Waals surface area (Å²) in [6.07, 6.45) is -1.34. The van der Waals surface area contributed by atoms with Crippen molar-refractivity contribution in [3.63, 3.8) is 0 Å². The van der Waals surface area contributed by atoms with Crippen LogP contribution in [0.25, 0.3) is 0 Å². The zero-order valence-corrected chi connectivity index (χ0v) is 40.8. The van der Waals surface area contributed by atoms with Gasteiger partial charge in [-0.05, 0) is 50.4 Å². The summed E-state index contributed by atoms with van der Waals surface area (Å²) in [6.45, 7) is 25.5. The molecule has 0 bridgehead atoms. The third-order valence-electron chi connectivity index (χ3n) is 12.2. The minimum absolute atomic E-state index is 0. The van der Waals surface area contributed by atoms with Crippen LogP contribution in [0.3, 0.4) is 0 Å². The Kier molecular flexibility index (Phi) is 19.7. The van der Waals surface area contributed by atoms with Crippen molar-refractivity contribution in [1.29, 1.82) is 0 Å². The molecule has 0 aromatic carbocycles. The van der Waals surface area contributed by atoms with Crippen LogP contribution < -0.4 is 0 Å². The topological polar surface area (TPSA) is 105 Å². The fraction of sp³-hybridized carbons (Fsp3) is 1.00. The predicted octanol–water partition coefficient (Wildman–Crippen LogP) is 5.92. The Morgan fingerprint density at radius 2 is 0.766 bits per heavy atom. The summed E-state index contributed by atoms with van der Waals surface area (Å²) >= 11 is 0. The molecule has 0 aromatic rings. The number of hydrogen-bond acceptors (Lipinski definition) is 9. The summed E-state index contributed by atoms with van der Waals surface area (Å²) in [5.74, 6) is 0.979. The fourth-order valence-electron chi connectivity index (χ4n) is 8.23. The molecule has 4 saturated heterocycles. The van der Waals surface area contributed by atoms with Gasteiger partial charge in [0.2, 0.25) is 0 Å². The van der Waals surface area contributed by atoms with E-state index in [0.29, 0.717) is 11.8 Å². The molecule has 2 radical (unpaired) electrons. The normalized spacial score (nSPS) is 50.7. The third kappa shape index (κ3) is 9.99. The van der Waals surface area contributed by atoms with E-state index < -0.39 is 24.8 Å². The first-order chi connectivity index (χ1) is 21.3. The molecular formula is C36H66Ac2O9. The van der Waals surface area contributed by atoms with Crippen molar-refractivity contribution >= 4 is 0 Å². The van der Waals surface area contributed by atoms with Crippen LogP contribution in [0, 0.1) is 130 Å². The molecule has 20 atom stereocenters. The molecule has 4 rings (SSSR count). The van der Waals surface area contributed by atoms with Gasteiger partial charge < -0.3 is 43.4 Å². The second kappa shape index (κ2) is 20.3. The van der Waals surface area contributed by atoms with E-state index in [1.54, 1.807) is 0 Å². The van der Waals surface area contributed by atoms with Crippen molar-refractivity contribution in [2.75, 3.05) is 0 Å². The van der Waals surface area contributed by atoms with Crippen molar-refractivity contribution in [3.05, 3.63) is 0 Å². The summed E-state index contributed by atoms with van der Waals surface area (Å²) in [5.41, 5.74) is 0. The molecule has 47 heavy (non-hydrogen) atoms. The molecule has 270 valence electrons. The van der Waals surface area contributed by atoms with Gasteiger partial charge in [0.1, 0.15) is 6.10 Å². The molecule has 4 aliphatic heterocycles. The Hall–Kier alpha value is 2.52. The quantitative estimate of drug-likeness (QED) is 0.276. The molecule has 11 unspecified atom stereocenters. The summed E-state index contributed by atoms with van der Waals surface area (Å²) in [7, 11) is 0. The number of rotatable bonds is 10. The average molecular weight is 1100 g/mol. The molecule has 0 aromatic heterocycles. The van der Waals surface area contributed by atoms with Gasteiger partial charge in [0.25, 0.3) is 0 Å². The van der Waals surface area contributed by atoms with Crippen LogP contribution in [0.2, 0.25) is 0 Å². The Bertz CT molecular complexity index is 910. The van der Waals surface area contributed by atoms with Crippen LogP contribution >= 0.6 is 0 Å². The zero-order chi connectivity index (χ0) is 33.3. The van der Waals surface area contributed by atoms with Crippen molar-refractivity contribution in [2.45, 2.75) is 189 Å². The summed E-state index contributed by atoms with van der Waals surface area (Å²) < 4.78 is 45.7. The van der Waals surface area contributed by atoms with Crippen molar-refractivity contribution in [3.8, 4) is 0 Å². The van der Waals surface area contributed by atoms with Gasteiger partial charge in [0, 0.05) is 112 Å². The van der Waals surface area contributed by atoms with Gasteiger partial charge in [-0.15, -0.1) is 0 Å². The van der Waals surface area contributed by atoms with E-state index in [-0.39, 0.29) is 173 Å². The van der Waals surface area contributed by atoms with Crippen molar-refractivity contribution in [1.82, 2.24) is 0 Å². The zero-order valence-electron chi connectivity index (χ0n) is 31.3. The minimum Gasteiger partial charge on any atom is -0.390 e.